The molecule has 0 spiro atoms. The molecule has 0 atom stereocenters. The number of anilines is 2. The number of benzene rings is 1. The van der Waals surface area contributed by atoms with Crippen LogP contribution >= 0.6 is 0 Å². The lowest BCUT2D eigenvalue weighted by atomic mass is 10.2. The van der Waals surface area contributed by atoms with Gasteiger partial charge in [0.25, 0.3) is 11.2 Å². The van der Waals surface area contributed by atoms with E-state index in [2.05, 4.69) is 25.2 Å². The molecule has 9 heteroatoms. The maximum atomic E-state index is 11.9. The molecule has 4 rings (SSSR count). The molecule has 0 aliphatic carbocycles. The van der Waals surface area contributed by atoms with Gasteiger partial charge in [0.2, 0.25) is 0 Å². The van der Waals surface area contributed by atoms with Gasteiger partial charge in [0.15, 0.2) is 0 Å². The summed E-state index contributed by atoms with van der Waals surface area (Å²) in [5, 5.41) is 14.7. The van der Waals surface area contributed by atoms with Gasteiger partial charge in [-0.1, -0.05) is 18.9 Å². The van der Waals surface area contributed by atoms with Crippen molar-refractivity contribution in [3.63, 3.8) is 0 Å². The molecule has 3 heterocycles. The monoisotopic (exact) mass is 394 g/mol. The molecule has 1 aliphatic heterocycles. The fourth-order valence-electron chi connectivity index (χ4n) is 3.60. The smallest absolute Gasteiger partial charge is 0.293 e. The van der Waals surface area contributed by atoms with Crippen LogP contribution in [0, 0.1) is 10.1 Å². The fourth-order valence-corrected chi connectivity index (χ4v) is 3.60. The zero-order valence-electron chi connectivity index (χ0n) is 15.9. The molecule has 1 aliphatic rings. The van der Waals surface area contributed by atoms with E-state index in [1.165, 1.54) is 44.1 Å². The van der Waals surface area contributed by atoms with Gasteiger partial charge >= 0.3 is 0 Å². The SMILES string of the molecule is O=c1[nH]cnc2cc(NCc3ccc(N4CCCCCC4)nc3)c([N+](=O)[O-])cc12. The summed E-state index contributed by atoms with van der Waals surface area (Å²) in [7, 11) is 0. The number of hydrogen-bond donors (Lipinski definition) is 2. The fraction of sp³-hybridized carbons (Fsp3) is 0.350. The Kier molecular flexibility index (Phi) is 5.37. The average Bonchev–Trinajstić information content (AvgIpc) is 3.02. The molecule has 29 heavy (non-hydrogen) atoms. The van der Waals surface area contributed by atoms with Crippen LogP contribution in [0.15, 0.2) is 41.6 Å². The lowest BCUT2D eigenvalue weighted by molar-refractivity contribution is -0.383. The summed E-state index contributed by atoms with van der Waals surface area (Å²) in [4.78, 5) is 36.2. The number of nitro benzene ring substituents is 1. The molecular formula is C20H22N6O3. The van der Waals surface area contributed by atoms with Gasteiger partial charge in [0.05, 0.1) is 22.2 Å². The summed E-state index contributed by atoms with van der Waals surface area (Å²) >= 11 is 0. The Hall–Kier alpha value is -3.49. The first-order valence-corrected chi connectivity index (χ1v) is 9.71. The van der Waals surface area contributed by atoms with Crippen LogP contribution < -0.4 is 15.8 Å². The topological polar surface area (TPSA) is 117 Å². The van der Waals surface area contributed by atoms with Crippen LogP contribution in [0.25, 0.3) is 10.9 Å². The normalized spacial score (nSPS) is 14.6. The van der Waals surface area contributed by atoms with Gasteiger partial charge in [-0.2, -0.15) is 0 Å². The van der Waals surface area contributed by atoms with Crippen molar-refractivity contribution in [2.45, 2.75) is 32.2 Å². The van der Waals surface area contributed by atoms with Crippen molar-refractivity contribution in [2.24, 2.45) is 0 Å². The van der Waals surface area contributed by atoms with Crippen molar-refractivity contribution >= 4 is 28.1 Å². The highest BCUT2D eigenvalue weighted by Gasteiger charge is 2.17. The molecular weight excluding hydrogens is 372 g/mol. The van der Waals surface area contributed by atoms with Gasteiger partial charge in [0, 0.05) is 31.9 Å². The lowest BCUT2D eigenvalue weighted by Gasteiger charge is -2.21. The van der Waals surface area contributed by atoms with Crippen molar-refractivity contribution in [3.8, 4) is 0 Å². The van der Waals surface area contributed by atoms with Gasteiger partial charge in [0.1, 0.15) is 11.5 Å². The third-order valence-corrected chi connectivity index (χ3v) is 5.18. The molecule has 1 saturated heterocycles. The minimum absolute atomic E-state index is 0.162. The predicted molar refractivity (Wildman–Crippen MR) is 111 cm³/mol. The molecule has 3 aromatic rings. The van der Waals surface area contributed by atoms with Crippen LogP contribution in [-0.4, -0.2) is 33.0 Å². The van der Waals surface area contributed by atoms with E-state index in [1.54, 1.807) is 6.20 Å². The third kappa shape index (κ3) is 4.18. The van der Waals surface area contributed by atoms with Gasteiger partial charge in [-0.25, -0.2) is 9.97 Å². The molecule has 0 amide bonds. The van der Waals surface area contributed by atoms with E-state index in [9.17, 15) is 14.9 Å². The van der Waals surface area contributed by atoms with Crippen LogP contribution in [0.3, 0.4) is 0 Å². The Balaban J connectivity index is 1.52. The van der Waals surface area contributed by atoms with E-state index >= 15 is 0 Å². The van der Waals surface area contributed by atoms with Crippen molar-refractivity contribution < 1.29 is 4.92 Å². The number of aromatic amines is 1. The quantitative estimate of drug-likeness (QED) is 0.504. The predicted octanol–water partition coefficient (Wildman–Crippen LogP) is 3.22. The Labute approximate surface area is 167 Å². The van der Waals surface area contributed by atoms with Crippen molar-refractivity contribution in [1.82, 2.24) is 15.0 Å². The van der Waals surface area contributed by atoms with E-state index in [-0.39, 0.29) is 11.1 Å². The van der Waals surface area contributed by atoms with Crippen LogP contribution in [0.1, 0.15) is 31.2 Å². The number of nitrogens with one attached hydrogen (secondary N) is 2. The molecule has 1 fully saturated rings. The molecule has 1 aromatic carbocycles. The van der Waals surface area contributed by atoms with Crippen LogP contribution in [0.5, 0.6) is 0 Å². The number of aromatic nitrogens is 3. The molecule has 150 valence electrons. The zero-order valence-corrected chi connectivity index (χ0v) is 15.9. The highest BCUT2D eigenvalue weighted by atomic mass is 16.6. The molecule has 0 saturated carbocycles. The lowest BCUT2D eigenvalue weighted by Crippen LogP contribution is -2.24. The Morgan fingerprint density at radius 2 is 1.93 bits per heavy atom. The second-order valence-electron chi connectivity index (χ2n) is 7.15. The van der Waals surface area contributed by atoms with Gasteiger partial charge in [-0.15, -0.1) is 0 Å². The summed E-state index contributed by atoms with van der Waals surface area (Å²) in [6.07, 6.45) is 7.99. The minimum Gasteiger partial charge on any atom is -0.375 e. The van der Waals surface area contributed by atoms with E-state index in [0.29, 0.717) is 17.7 Å². The third-order valence-electron chi connectivity index (χ3n) is 5.18. The number of nitro groups is 1. The van der Waals surface area contributed by atoms with E-state index in [4.69, 9.17) is 0 Å². The first kappa shape index (κ1) is 18.9. The number of pyridine rings is 1. The first-order valence-electron chi connectivity index (χ1n) is 9.71. The Morgan fingerprint density at radius 1 is 1.14 bits per heavy atom. The Morgan fingerprint density at radius 3 is 2.62 bits per heavy atom. The largest absolute Gasteiger partial charge is 0.375 e. The van der Waals surface area contributed by atoms with Crippen LogP contribution in [0.2, 0.25) is 0 Å². The summed E-state index contributed by atoms with van der Waals surface area (Å²) < 4.78 is 0. The summed E-state index contributed by atoms with van der Waals surface area (Å²) in [5.41, 5.74) is 1.06. The zero-order chi connectivity index (χ0) is 20.2. The minimum atomic E-state index is -0.505. The first-order chi connectivity index (χ1) is 14.1. The number of fused-ring (bicyclic) bond motifs is 1. The summed E-state index contributed by atoms with van der Waals surface area (Å²) in [6, 6.07) is 6.76. The van der Waals surface area contributed by atoms with Gasteiger partial charge in [-0.05, 0) is 30.5 Å². The number of nitrogens with zero attached hydrogens (tertiary/aromatic N) is 4. The maximum Gasteiger partial charge on any atom is 0.293 e. The maximum absolute atomic E-state index is 11.9. The van der Waals surface area contributed by atoms with Gasteiger partial charge < -0.3 is 15.2 Å². The number of rotatable bonds is 5. The van der Waals surface area contributed by atoms with E-state index in [1.807, 2.05) is 12.1 Å². The molecule has 0 bridgehead atoms. The van der Waals surface area contributed by atoms with Crippen LogP contribution in [0.4, 0.5) is 17.2 Å². The van der Waals surface area contributed by atoms with Crippen molar-refractivity contribution in [2.75, 3.05) is 23.3 Å². The van der Waals surface area contributed by atoms with E-state index in [0.717, 1.165) is 24.5 Å². The van der Waals surface area contributed by atoms with Gasteiger partial charge in [-0.3, -0.25) is 14.9 Å². The van der Waals surface area contributed by atoms with Crippen LogP contribution in [-0.2, 0) is 6.54 Å². The highest BCUT2D eigenvalue weighted by molar-refractivity contribution is 5.86. The molecule has 2 aromatic heterocycles. The number of hydrogen-bond acceptors (Lipinski definition) is 7. The molecule has 0 radical (unpaired) electrons. The highest BCUT2D eigenvalue weighted by Crippen LogP contribution is 2.28. The van der Waals surface area contributed by atoms with Crippen molar-refractivity contribution in [3.05, 3.63) is 62.8 Å². The van der Waals surface area contributed by atoms with Crippen molar-refractivity contribution in [1.29, 1.82) is 0 Å². The molecule has 9 nitrogen and oxygen atoms in total. The molecule has 0 unspecified atom stereocenters. The second-order valence-corrected chi connectivity index (χ2v) is 7.15. The average molecular weight is 394 g/mol. The van der Waals surface area contributed by atoms with E-state index < -0.39 is 10.5 Å². The number of H-pyrrole nitrogens is 1. The summed E-state index contributed by atoms with van der Waals surface area (Å²) in [6.45, 7) is 2.43. The standard InChI is InChI=1S/C20H22N6O3/c27-20-15-9-18(26(28)29)17(10-16(15)23-13-24-20)21-11-14-5-6-19(22-12-14)25-7-3-1-2-4-8-25/h5-6,9-10,12-13,21H,1-4,7-8,11H2,(H,23,24,27). The second kappa shape index (κ2) is 8.26. The Bertz CT molecular complexity index is 1070. The molecule has 2 N–H and O–H groups in total. The summed E-state index contributed by atoms with van der Waals surface area (Å²) in [5.74, 6) is 0.968.